The summed E-state index contributed by atoms with van der Waals surface area (Å²) in [5.41, 5.74) is 0.591. The van der Waals surface area contributed by atoms with Gasteiger partial charge in [0.25, 0.3) is 0 Å². The number of nitrogens with zero attached hydrogens (tertiary/aromatic N) is 2. The largest absolute Gasteiger partial charge is 0.366 e. The van der Waals surface area contributed by atoms with Crippen molar-refractivity contribution < 1.29 is 4.39 Å². The van der Waals surface area contributed by atoms with Crippen molar-refractivity contribution in [1.82, 2.24) is 9.97 Å². The van der Waals surface area contributed by atoms with Crippen molar-refractivity contribution in [1.29, 1.82) is 0 Å². The van der Waals surface area contributed by atoms with E-state index in [9.17, 15) is 4.39 Å². The molecule has 18 heavy (non-hydrogen) atoms. The zero-order valence-corrected chi connectivity index (χ0v) is 12.1. The Labute approximate surface area is 117 Å². The van der Waals surface area contributed by atoms with Crippen LogP contribution in [0.1, 0.15) is 5.56 Å². The molecule has 0 aliphatic rings. The maximum Gasteiger partial charge on any atom is 0.130 e. The van der Waals surface area contributed by atoms with Crippen molar-refractivity contribution in [3.05, 3.63) is 46.4 Å². The van der Waals surface area contributed by atoms with Crippen molar-refractivity contribution in [3.8, 4) is 0 Å². The number of anilines is 1. The minimum Gasteiger partial charge on any atom is -0.366 e. The Morgan fingerprint density at radius 1 is 1.33 bits per heavy atom. The first-order valence-electron chi connectivity index (χ1n) is 5.23. The van der Waals surface area contributed by atoms with Crippen LogP contribution in [0.5, 0.6) is 0 Å². The topological polar surface area (TPSA) is 37.8 Å². The maximum atomic E-state index is 13.5. The second kappa shape index (κ2) is 6.15. The summed E-state index contributed by atoms with van der Waals surface area (Å²) in [5, 5.41) is 3.96. The molecule has 0 atom stereocenters. The van der Waals surface area contributed by atoms with Gasteiger partial charge in [-0.25, -0.2) is 14.4 Å². The third kappa shape index (κ3) is 3.43. The molecule has 0 spiro atoms. The fourth-order valence-corrected chi connectivity index (χ4v) is 2.20. The number of benzene rings is 1. The van der Waals surface area contributed by atoms with Crippen molar-refractivity contribution >= 4 is 33.5 Å². The van der Waals surface area contributed by atoms with Gasteiger partial charge < -0.3 is 5.32 Å². The molecule has 0 bridgehead atoms. The van der Waals surface area contributed by atoms with Gasteiger partial charge in [-0.15, -0.1) is 11.8 Å². The molecule has 0 aliphatic heterocycles. The molecule has 0 fully saturated rings. The Morgan fingerprint density at radius 3 is 2.94 bits per heavy atom. The van der Waals surface area contributed by atoms with Crippen LogP contribution in [0, 0.1) is 5.82 Å². The monoisotopic (exact) mass is 327 g/mol. The van der Waals surface area contributed by atoms with E-state index in [4.69, 9.17) is 0 Å². The number of rotatable bonds is 4. The quantitative estimate of drug-likeness (QED) is 0.686. The Morgan fingerprint density at radius 2 is 2.17 bits per heavy atom. The van der Waals surface area contributed by atoms with Crippen LogP contribution in [0.2, 0.25) is 0 Å². The maximum absolute atomic E-state index is 13.5. The van der Waals surface area contributed by atoms with Gasteiger partial charge in [0.15, 0.2) is 0 Å². The van der Waals surface area contributed by atoms with Gasteiger partial charge in [-0.1, -0.05) is 15.9 Å². The number of nitrogens with one attached hydrogen (secondary N) is 1. The highest BCUT2D eigenvalue weighted by Gasteiger charge is 2.03. The third-order valence-electron chi connectivity index (χ3n) is 2.32. The summed E-state index contributed by atoms with van der Waals surface area (Å²) >= 11 is 4.86. The van der Waals surface area contributed by atoms with Crippen LogP contribution in [-0.2, 0) is 6.54 Å². The Hall–Kier alpha value is -1.14. The highest BCUT2D eigenvalue weighted by atomic mass is 79.9. The summed E-state index contributed by atoms with van der Waals surface area (Å²) in [6.07, 6.45) is 3.44. The Kier molecular flexibility index (Phi) is 4.54. The van der Waals surface area contributed by atoms with Crippen molar-refractivity contribution in [2.45, 2.75) is 11.6 Å². The molecule has 1 heterocycles. The summed E-state index contributed by atoms with van der Waals surface area (Å²) in [4.78, 5) is 8.16. The van der Waals surface area contributed by atoms with E-state index in [1.54, 1.807) is 12.1 Å². The van der Waals surface area contributed by atoms with Crippen molar-refractivity contribution in [2.24, 2.45) is 0 Å². The smallest absolute Gasteiger partial charge is 0.130 e. The van der Waals surface area contributed by atoms with E-state index in [0.29, 0.717) is 17.9 Å². The summed E-state index contributed by atoms with van der Waals surface area (Å²) < 4.78 is 14.4. The lowest BCUT2D eigenvalue weighted by atomic mass is 10.2. The number of halogens is 2. The first kappa shape index (κ1) is 13.3. The SMILES string of the molecule is CSc1cc(NCc2cc(Br)ccc2F)ncn1. The molecule has 1 N–H and O–H groups in total. The zero-order chi connectivity index (χ0) is 13.0. The highest BCUT2D eigenvalue weighted by Crippen LogP contribution is 2.18. The van der Waals surface area contributed by atoms with E-state index in [-0.39, 0.29) is 5.82 Å². The fourth-order valence-electron chi connectivity index (χ4n) is 1.41. The summed E-state index contributed by atoms with van der Waals surface area (Å²) in [5.74, 6) is 0.457. The third-order valence-corrected chi connectivity index (χ3v) is 3.45. The Bertz CT molecular complexity index is 551. The number of hydrogen-bond acceptors (Lipinski definition) is 4. The molecule has 0 radical (unpaired) electrons. The molecule has 6 heteroatoms. The van der Waals surface area contributed by atoms with E-state index in [1.807, 2.05) is 12.3 Å². The van der Waals surface area contributed by atoms with E-state index in [2.05, 4.69) is 31.2 Å². The van der Waals surface area contributed by atoms with Crippen molar-refractivity contribution in [3.63, 3.8) is 0 Å². The van der Waals surface area contributed by atoms with Crippen LogP contribution in [0.4, 0.5) is 10.2 Å². The minimum absolute atomic E-state index is 0.232. The van der Waals surface area contributed by atoms with Gasteiger partial charge >= 0.3 is 0 Å². The molecule has 2 aromatic rings. The lowest BCUT2D eigenvalue weighted by Crippen LogP contribution is -2.03. The van der Waals surface area contributed by atoms with Crippen LogP contribution in [0.3, 0.4) is 0 Å². The number of hydrogen-bond donors (Lipinski definition) is 1. The second-order valence-electron chi connectivity index (χ2n) is 3.53. The van der Waals surface area contributed by atoms with Gasteiger partial charge in [-0.05, 0) is 24.5 Å². The van der Waals surface area contributed by atoms with Gasteiger partial charge in [-0.3, -0.25) is 0 Å². The molecule has 0 unspecified atom stereocenters. The molecule has 0 amide bonds. The molecule has 94 valence electrons. The van der Waals surface area contributed by atoms with E-state index >= 15 is 0 Å². The second-order valence-corrected chi connectivity index (χ2v) is 5.28. The van der Waals surface area contributed by atoms with Crippen LogP contribution >= 0.6 is 27.7 Å². The Balaban J connectivity index is 2.08. The molecular weight excluding hydrogens is 317 g/mol. The summed E-state index contributed by atoms with van der Waals surface area (Å²) in [7, 11) is 0. The molecule has 1 aromatic carbocycles. The highest BCUT2D eigenvalue weighted by molar-refractivity contribution is 9.10. The fraction of sp³-hybridized carbons (Fsp3) is 0.167. The predicted octanol–water partition coefficient (Wildman–Crippen LogP) is 3.71. The van der Waals surface area contributed by atoms with E-state index < -0.39 is 0 Å². The average molecular weight is 328 g/mol. The molecule has 1 aromatic heterocycles. The van der Waals surface area contributed by atoms with Crippen LogP contribution in [0.15, 0.2) is 40.1 Å². The lowest BCUT2D eigenvalue weighted by molar-refractivity contribution is 0.612. The van der Waals surface area contributed by atoms with E-state index in [1.165, 1.54) is 24.2 Å². The number of thioether (sulfide) groups is 1. The zero-order valence-electron chi connectivity index (χ0n) is 9.65. The van der Waals surface area contributed by atoms with Gasteiger partial charge in [0, 0.05) is 22.6 Å². The number of aromatic nitrogens is 2. The lowest BCUT2D eigenvalue weighted by Gasteiger charge is -2.07. The standard InChI is InChI=1S/C12H11BrFN3S/c1-18-12-5-11(16-7-17-12)15-6-8-4-9(13)2-3-10(8)14/h2-5,7H,6H2,1H3,(H,15,16,17). The molecular formula is C12H11BrFN3S. The predicted molar refractivity (Wildman–Crippen MR) is 75.2 cm³/mol. The minimum atomic E-state index is -0.232. The molecule has 3 nitrogen and oxygen atoms in total. The van der Waals surface area contributed by atoms with Crippen LogP contribution < -0.4 is 5.32 Å². The molecule has 0 aliphatic carbocycles. The van der Waals surface area contributed by atoms with Gasteiger partial charge in [0.05, 0.1) is 0 Å². The molecule has 0 saturated carbocycles. The van der Waals surface area contributed by atoms with Crippen molar-refractivity contribution in [2.75, 3.05) is 11.6 Å². The van der Waals surface area contributed by atoms with Crippen LogP contribution in [-0.4, -0.2) is 16.2 Å². The first-order chi connectivity index (χ1) is 8.69. The van der Waals surface area contributed by atoms with Crippen LogP contribution in [0.25, 0.3) is 0 Å². The van der Waals surface area contributed by atoms with Gasteiger partial charge in [-0.2, -0.15) is 0 Å². The first-order valence-corrected chi connectivity index (χ1v) is 7.24. The summed E-state index contributed by atoms with van der Waals surface area (Å²) in [6.45, 7) is 0.385. The molecule has 2 rings (SSSR count). The summed E-state index contributed by atoms with van der Waals surface area (Å²) in [6, 6.07) is 6.70. The molecule has 0 saturated heterocycles. The van der Waals surface area contributed by atoms with E-state index in [0.717, 1.165) is 9.50 Å². The van der Waals surface area contributed by atoms with Gasteiger partial charge in [0.2, 0.25) is 0 Å². The normalized spacial score (nSPS) is 10.4. The van der Waals surface area contributed by atoms with Gasteiger partial charge in [0.1, 0.15) is 23.0 Å². The average Bonchev–Trinajstić information content (AvgIpc) is 2.40.